The molecule has 5 rings (SSSR count). The van der Waals surface area contributed by atoms with Crippen molar-refractivity contribution >= 4 is 34.2 Å². The first kappa shape index (κ1) is 19.9. The van der Waals surface area contributed by atoms with Gasteiger partial charge in [-0.2, -0.15) is 0 Å². The molecule has 8 nitrogen and oxygen atoms in total. The summed E-state index contributed by atoms with van der Waals surface area (Å²) in [4.78, 5) is 26.6. The number of rotatable bonds is 6. The molecule has 3 aromatic heterocycles. The number of hydrogen-bond acceptors (Lipinski definition) is 5. The van der Waals surface area contributed by atoms with Crippen molar-refractivity contribution in [3.05, 3.63) is 90.1 Å². The normalized spacial score (nSPS) is 11.0. The molecule has 0 fully saturated rings. The zero-order valence-corrected chi connectivity index (χ0v) is 17.6. The van der Waals surface area contributed by atoms with Crippen molar-refractivity contribution in [2.75, 3.05) is 4.90 Å². The number of anilines is 1. The quantitative estimate of drug-likeness (QED) is 0.399. The second-order valence-electron chi connectivity index (χ2n) is 7.18. The van der Waals surface area contributed by atoms with Gasteiger partial charge in [0.1, 0.15) is 17.2 Å². The summed E-state index contributed by atoms with van der Waals surface area (Å²) in [6, 6.07) is 20.6. The lowest BCUT2D eigenvalue weighted by Crippen LogP contribution is -2.34. The number of H-pyrrole nitrogens is 1. The van der Waals surface area contributed by atoms with E-state index in [0.29, 0.717) is 10.8 Å². The summed E-state index contributed by atoms with van der Waals surface area (Å²) < 4.78 is 1.61. The molecular formula is C23H18ClN7O. The van der Waals surface area contributed by atoms with Crippen LogP contribution in [0.5, 0.6) is 0 Å². The number of benzene rings is 2. The molecule has 0 atom stereocenters. The Morgan fingerprint density at radius 3 is 2.66 bits per heavy atom. The van der Waals surface area contributed by atoms with Crippen LogP contribution in [0, 0.1) is 0 Å². The highest BCUT2D eigenvalue weighted by molar-refractivity contribution is 6.29. The first-order valence-electron chi connectivity index (χ1n) is 9.96. The highest BCUT2D eigenvalue weighted by Gasteiger charge is 2.19. The standard InChI is InChI=1S/C23H18ClN7O/c24-22-7-3-4-17(27-22)13-30(18-10-8-16(9-11-18)20-12-25-15-26-20)23(32)14-31-21-6-2-1-5-19(21)28-29-31/h1-12,15H,13-14H2,(H,25,26). The monoisotopic (exact) mass is 443 g/mol. The molecule has 0 saturated heterocycles. The molecule has 3 heterocycles. The molecule has 0 aliphatic heterocycles. The largest absolute Gasteiger partial charge is 0.345 e. The second kappa shape index (κ2) is 8.60. The van der Waals surface area contributed by atoms with Crippen molar-refractivity contribution < 1.29 is 4.79 Å². The maximum absolute atomic E-state index is 13.4. The highest BCUT2D eigenvalue weighted by atomic mass is 35.5. The summed E-state index contributed by atoms with van der Waals surface area (Å²) in [7, 11) is 0. The van der Waals surface area contributed by atoms with Gasteiger partial charge in [-0.05, 0) is 42.0 Å². The molecule has 32 heavy (non-hydrogen) atoms. The number of imidazole rings is 1. The fraction of sp³-hybridized carbons (Fsp3) is 0.0870. The van der Waals surface area contributed by atoms with Gasteiger partial charge in [0.05, 0.1) is 36.0 Å². The van der Waals surface area contributed by atoms with Crippen molar-refractivity contribution in [1.82, 2.24) is 29.9 Å². The molecule has 0 aliphatic rings. The van der Waals surface area contributed by atoms with Gasteiger partial charge in [0.2, 0.25) is 5.91 Å². The van der Waals surface area contributed by atoms with E-state index in [9.17, 15) is 4.79 Å². The molecule has 0 radical (unpaired) electrons. The SMILES string of the molecule is O=C(Cn1nnc2ccccc21)N(Cc1cccc(Cl)n1)c1ccc(-c2cnc[nH]2)cc1. The van der Waals surface area contributed by atoms with E-state index >= 15 is 0 Å². The smallest absolute Gasteiger partial charge is 0.249 e. The molecule has 2 aromatic carbocycles. The topological polar surface area (TPSA) is 92.6 Å². The first-order chi connectivity index (χ1) is 15.7. The second-order valence-corrected chi connectivity index (χ2v) is 7.57. The number of para-hydroxylation sites is 1. The summed E-state index contributed by atoms with van der Waals surface area (Å²) >= 11 is 6.07. The van der Waals surface area contributed by atoms with E-state index in [1.807, 2.05) is 60.7 Å². The van der Waals surface area contributed by atoms with Crippen LogP contribution < -0.4 is 4.90 Å². The van der Waals surface area contributed by atoms with Gasteiger partial charge in [-0.1, -0.05) is 47.1 Å². The third-order valence-corrected chi connectivity index (χ3v) is 5.30. The Labute approximate surface area is 188 Å². The average Bonchev–Trinajstić information content (AvgIpc) is 3.49. The Balaban J connectivity index is 1.46. The maximum atomic E-state index is 13.4. The lowest BCUT2D eigenvalue weighted by Gasteiger charge is -2.23. The van der Waals surface area contributed by atoms with E-state index < -0.39 is 0 Å². The minimum Gasteiger partial charge on any atom is -0.345 e. The third kappa shape index (κ3) is 4.08. The predicted molar refractivity (Wildman–Crippen MR) is 122 cm³/mol. The van der Waals surface area contributed by atoms with Crippen molar-refractivity contribution in [3.8, 4) is 11.3 Å². The van der Waals surface area contributed by atoms with Crippen molar-refractivity contribution in [3.63, 3.8) is 0 Å². The predicted octanol–water partition coefficient (Wildman–Crippen LogP) is 4.10. The van der Waals surface area contributed by atoms with Crippen LogP contribution >= 0.6 is 11.6 Å². The Kier molecular flexibility index (Phi) is 5.35. The lowest BCUT2D eigenvalue weighted by molar-refractivity contribution is -0.119. The van der Waals surface area contributed by atoms with Gasteiger partial charge in [0.25, 0.3) is 0 Å². The van der Waals surface area contributed by atoms with Gasteiger partial charge in [-0.25, -0.2) is 14.6 Å². The number of nitrogens with zero attached hydrogens (tertiary/aromatic N) is 6. The van der Waals surface area contributed by atoms with E-state index in [0.717, 1.165) is 28.0 Å². The van der Waals surface area contributed by atoms with E-state index in [2.05, 4.69) is 25.3 Å². The van der Waals surface area contributed by atoms with Crippen LogP contribution in [0.2, 0.25) is 5.15 Å². The minimum absolute atomic E-state index is 0.0450. The van der Waals surface area contributed by atoms with Gasteiger partial charge in [-0.3, -0.25) is 4.79 Å². The molecule has 0 saturated carbocycles. The fourth-order valence-electron chi connectivity index (χ4n) is 3.51. The van der Waals surface area contributed by atoms with Crippen LogP contribution in [0.4, 0.5) is 5.69 Å². The van der Waals surface area contributed by atoms with E-state index in [1.165, 1.54) is 0 Å². The molecule has 0 unspecified atom stereocenters. The molecule has 5 aromatic rings. The number of nitrogens with one attached hydrogen (secondary N) is 1. The minimum atomic E-state index is -0.142. The summed E-state index contributed by atoms with van der Waals surface area (Å²) in [5.41, 5.74) is 4.85. The van der Waals surface area contributed by atoms with Gasteiger partial charge in [-0.15, -0.1) is 5.10 Å². The van der Waals surface area contributed by atoms with Crippen molar-refractivity contribution in [2.24, 2.45) is 0 Å². The van der Waals surface area contributed by atoms with Crippen LogP contribution in [-0.4, -0.2) is 35.9 Å². The molecule has 0 spiro atoms. The molecule has 158 valence electrons. The summed E-state index contributed by atoms with van der Waals surface area (Å²) in [5.74, 6) is -0.142. The molecule has 1 amide bonds. The number of carbonyl (C=O) groups excluding carboxylic acids is 1. The third-order valence-electron chi connectivity index (χ3n) is 5.09. The van der Waals surface area contributed by atoms with Crippen LogP contribution in [0.3, 0.4) is 0 Å². The number of halogens is 1. The van der Waals surface area contributed by atoms with Crippen molar-refractivity contribution in [2.45, 2.75) is 13.1 Å². The van der Waals surface area contributed by atoms with E-state index in [-0.39, 0.29) is 19.0 Å². The Bertz CT molecular complexity index is 1360. The summed E-state index contributed by atoms with van der Waals surface area (Å²) in [6.45, 7) is 0.318. The summed E-state index contributed by atoms with van der Waals surface area (Å²) in [5, 5.41) is 8.68. The number of pyridine rings is 1. The molecule has 9 heteroatoms. The van der Waals surface area contributed by atoms with E-state index in [4.69, 9.17) is 11.6 Å². The Morgan fingerprint density at radius 2 is 1.88 bits per heavy atom. The lowest BCUT2D eigenvalue weighted by atomic mass is 10.1. The number of aromatic amines is 1. The van der Waals surface area contributed by atoms with Gasteiger partial charge >= 0.3 is 0 Å². The van der Waals surface area contributed by atoms with Crippen LogP contribution in [-0.2, 0) is 17.9 Å². The van der Waals surface area contributed by atoms with Gasteiger partial charge < -0.3 is 9.88 Å². The number of fused-ring (bicyclic) bond motifs is 1. The zero-order valence-electron chi connectivity index (χ0n) is 16.9. The molecule has 0 aliphatic carbocycles. The maximum Gasteiger partial charge on any atom is 0.249 e. The Morgan fingerprint density at radius 1 is 1.03 bits per heavy atom. The molecule has 0 bridgehead atoms. The van der Waals surface area contributed by atoms with Gasteiger partial charge in [0.15, 0.2) is 0 Å². The zero-order chi connectivity index (χ0) is 21.9. The highest BCUT2D eigenvalue weighted by Crippen LogP contribution is 2.24. The number of aromatic nitrogens is 6. The van der Waals surface area contributed by atoms with Crippen LogP contribution in [0.25, 0.3) is 22.3 Å². The van der Waals surface area contributed by atoms with Crippen LogP contribution in [0.1, 0.15) is 5.69 Å². The first-order valence-corrected chi connectivity index (χ1v) is 10.3. The molecular weight excluding hydrogens is 426 g/mol. The van der Waals surface area contributed by atoms with E-state index in [1.54, 1.807) is 28.2 Å². The van der Waals surface area contributed by atoms with Crippen molar-refractivity contribution in [1.29, 1.82) is 0 Å². The summed E-state index contributed by atoms with van der Waals surface area (Å²) in [6.07, 6.45) is 3.38. The number of hydrogen-bond donors (Lipinski definition) is 1. The molecule has 1 N–H and O–H groups in total. The Hall–Kier alpha value is -4.04. The van der Waals surface area contributed by atoms with Crippen LogP contribution in [0.15, 0.2) is 79.3 Å². The fourth-order valence-corrected chi connectivity index (χ4v) is 3.69. The number of amides is 1. The number of carbonyl (C=O) groups is 1. The van der Waals surface area contributed by atoms with Gasteiger partial charge in [0, 0.05) is 5.69 Å². The average molecular weight is 444 g/mol.